The molecule has 1 aliphatic rings. The third-order valence-corrected chi connectivity index (χ3v) is 4.01. The highest BCUT2D eigenvalue weighted by atomic mass is 79.9. The van der Waals surface area contributed by atoms with E-state index in [4.69, 9.17) is 5.11 Å². The molecule has 0 radical (unpaired) electrons. The summed E-state index contributed by atoms with van der Waals surface area (Å²) in [4.78, 5) is 14.8. The van der Waals surface area contributed by atoms with Crippen molar-refractivity contribution in [2.45, 2.75) is 6.04 Å². The summed E-state index contributed by atoms with van der Waals surface area (Å²) in [7, 11) is 0. The van der Waals surface area contributed by atoms with E-state index in [0.29, 0.717) is 20.8 Å². The van der Waals surface area contributed by atoms with Gasteiger partial charge in [0.05, 0.1) is 4.47 Å². The van der Waals surface area contributed by atoms with E-state index in [0.717, 1.165) is 0 Å². The maximum atomic E-state index is 13.3. The quantitative estimate of drug-likeness (QED) is 0.913. The lowest BCUT2D eigenvalue weighted by atomic mass is 10.2. The Hall–Kier alpha value is -0.880. The van der Waals surface area contributed by atoms with Crippen LogP contribution in [0.2, 0.25) is 0 Å². The fourth-order valence-corrected chi connectivity index (χ4v) is 2.96. The first-order chi connectivity index (χ1) is 7.59. The van der Waals surface area contributed by atoms with Crippen molar-refractivity contribution in [1.29, 1.82) is 0 Å². The molecule has 1 aromatic rings. The van der Waals surface area contributed by atoms with Crippen molar-refractivity contribution < 1.29 is 14.3 Å². The van der Waals surface area contributed by atoms with E-state index >= 15 is 0 Å². The third-order valence-electron chi connectivity index (χ3n) is 2.12. The van der Waals surface area contributed by atoms with E-state index in [1.807, 2.05) is 0 Å². The number of nitrogens with zero attached hydrogens (tertiary/aromatic N) is 1. The minimum atomic E-state index is -0.949. The predicted octanol–water partition coefficient (Wildman–Crippen LogP) is 2.53. The zero-order valence-electron chi connectivity index (χ0n) is 7.98. The van der Waals surface area contributed by atoms with Crippen LogP contribution in [0.4, 0.5) is 4.39 Å². The maximum absolute atomic E-state index is 13.3. The molecule has 0 spiro atoms. The third kappa shape index (κ3) is 2.12. The molecular weight excluding hydrogens is 297 g/mol. The average Bonchev–Trinajstić information content (AvgIpc) is 2.71. The summed E-state index contributed by atoms with van der Waals surface area (Å²) in [6.07, 6.45) is 0. The normalized spacial score (nSPS) is 19.6. The summed E-state index contributed by atoms with van der Waals surface area (Å²) in [6.45, 7) is 0. The molecule has 0 bridgehead atoms. The van der Waals surface area contributed by atoms with Crippen LogP contribution in [0, 0.1) is 5.82 Å². The molecule has 6 heteroatoms. The zero-order chi connectivity index (χ0) is 11.7. The van der Waals surface area contributed by atoms with Gasteiger partial charge in [-0.25, -0.2) is 9.18 Å². The number of carboxylic acids is 1. The van der Waals surface area contributed by atoms with Crippen molar-refractivity contribution in [2.75, 3.05) is 5.75 Å². The molecule has 1 aliphatic heterocycles. The van der Waals surface area contributed by atoms with Gasteiger partial charge in [-0.05, 0) is 22.0 Å². The van der Waals surface area contributed by atoms with Gasteiger partial charge < -0.3 is 5.11 Å². The van der Waals surface area contributed by atoms with E-state index in [1.165, 1.54) is 17.8 Å². The lowest BCUT2D eigenvalue weighted by molar-refractivity contribution is -0.137. The Morgan fingerprint density at radius 1 is 1.62 bits per heavy atom. The molecule has 0 saturated carbocycles. The lowest BCUT2D eigenvalue weighted by Crippen LogP contribution is -2.17. The second-order valence-electron chi connectivity index (χ2n) is 3.20. The highest BCUT2D eigenvalue weighted by Gasteiger charge is 2.26. The smallest absolute Gasteiger partial charge is 0.329 e. The number of benzene rings is 1. The van der Waals surface area contributed by atoms with Crippen LogP contribution in [0.3, 0.4) is 0 Å². The van der Waals surface area contributed by atoms with Crippen LogP contribution in [-0.2, 0) is 4.79 Å². The Bertz CT molecular complexity index is 478. The van der Waals surface area contributed by atoms with Crippen LogP contribution in [0.5, 0.6) is 0 Å². The van der Waals surface area contributed by atoms with E-state index in [9.17, 15) is 9.18 Å². The molecular formula is C10H7BrFNO2S. The van der Waals surface area contributed by atoms with Crippen LogP contribution >= 0.6 is 27.7 Å². The van der Waals surface area contributed by atoms with Crippen molar-refractivity contribution in [3.8, 4) is 0 Å². The van der Waals surface area contributed by atoms with Crippen LogP contribution in [-0.4, -0.2) is 27.9 Å². The van der Waals surface area contributed by atoms with Gasteiger partial charge in [-0.15, -0.1) is 11.8 Å². The Kier molecular flexibility index (Phi) is 3.30. The van der Waals surface area contributed by atoms with E-state index in [-0.39, 0.29) is 5.82 Å². The Labute approximate surface area is 104 Å². The molecule has 2 rings (SSSR count). The van der Waals surface area contributed by atoms with Crippen LogP contribution in [0.25, 0.3) is 0 Å². The molecule has 0 aromatic heterocycles. The second kappa shape index (κ2) is 4.55. The van der Waals surface area contributed by atoms with Gasteiger partial charge >= 0.3 is 5.97 Å². The van der Waals surface area contributed by atoms with E-state index in [2.05, 4.69) is 20.9 Å². The first-order valence-electron chi connectivity index (χ1n) is 4.47. The molecule has 0 saturated heterocycles. The van der Waals surface area contributed by atoms with Gasteiger partial charge in [0.2, 0.25) is 0 Å². The van der Waals surface area contributed by atoms with E-state index in [1.54, 1.807) is 12.1 Å². The number of rotatable bonds is 2. The molecule has 84 valence electrons. The summed E-state index contributed by atoms with van der Waals surface area (Å²) < 4.78 is 13.6. The Balaban J connectivity index is 2.36. The highest BCUT2D eigenvalue weighted by molar-refractivity contribution is 9.10. The van der Waals surface area contributed by atoms with Gasteiger partial charge in [-0.2, -0.15) is 0 Å². The number of hydrogen-bond donors (Lipinski definition) is 1. The fourth-order valence-electron chi connectivity index (χ4n) is 1.32. The first-order valence-corrected chi connectivity index (χ1v) is 6.25. The van der Waals surface area contributed by atoms with Crippen molar-refractivity contribution in [1.82, 2.24) is 0 Å². The fraction of sp³-hybridized carbons (Fsp3) is 0.200. The summed E-state index contributed by atoms with van der Waals surface area (Å²) in [6, 6.07) is 3.90. The minimum Gasteiger partial charge on any atom is -0.480 e. The molecule has 3 nitrogen and oxygen atoms in total. The van der Waals surface area contributed by atoms with Crippen molar-refractivity contribution >= 4 is 38.7 Å². The highest BCUT2D eigenvalue weighted by Crippen LogP contribution is 2.29. The van der Waals surface area contributed by atoms with Gasteiger partial charge in [-0.1, -0.05) is 12.1 Å². The topological polar surface area (TPSA) is 49.7 Å². The number of carboxylic acid groups (broad SMARTS) is 1. The number of hydrogen-bond acceptors (Lipinski definition) is 3. The molecule has 1 heterocycles. The zero-order valence-corrected chi connectivity index (χ0v) is 10.4. The molecule has 0 aliphatic carbocycles. The molecule has 1 unspecified atom stereocenters. The van der Waals surface area contributed by atoms with Crippen LogP contribution < -0.4 is 0 Å². The van der Waals surface area contributed by atoms with Crippen molar-refractivity contribution in [3.63, 3.8) is 0 Å². The number of carbonyl (C=O) groups is 1. The summed E-state index contributed by atoms with van der Waals surface area (Å²) in [5.41, 5.74) is 0.605. The predicted molar refractivity (Wildman–Crippen MR) is 64.5 cm³/mol. The summed E-state index contributed by atoms with van der Waals surface area (Å²) in [5.74, 6) is -0.928. The largest absolute Gasteiger partial charge is 0.480 e. The molecule has 1 N–H and O–H groups in total. The SMILES string of the molecule is O=C(O)C1CSC(c2cccc(F)c2Br)=N1. The van der Waals surface area contributed by atoms with Crippen molar-refractivity contribution in [3.05, 3.63) is 34.1 Å². The number of thioether (sulfide) groups is 1. The van der Waals surface area contributed by atoms with Crippen molar-refractivity contribution in [2.24, 2.45) is 4.99 Å². The first kappa shape index (κ1) is 11.6. The molecule has 16 heavy (non-hydrogen) atoms. The second-order valence-corrected chi connectivity index (χ2v) is 5.00. The van der Waals surface area contributed by atoms with E-state index < -0.39 is 12.0 Å². The standard InChI is InChI=1S/C10H7BrFNO2S/c11-8-5(2-1-3-6(8)12)9-13-7(4-16-9)10(14)15/h1-3,7H,4H2,(H,14,15). The minimum absolute atomic E-state index is 0.326. The lowest BCUT2D eigenvalue weighted by Gasteiger charge is -2.03. The summed E-state index contributed by atoms with van der Waals surface area (Å²) in [5, 5.41) is 9.36. The van der Waals surface area contributed by atoms with Gasteiger partial charge in [0.25, 0.3) is 0 Å². The van der Waals surface area contributed by atoms with Gasteiger partial charge in [0.1, 0.15) is 10.9 Å². The molecule has 0 amide bonds. The number of halogens is 2. The molecule has 0 fully saturated rings. The molecule has 1 aromatic carbocycles. The van der Waals surface area contributed by atoms with Crippen LogP contribution in [0.15, 0.2) is 27.7 Å². The number of aliphatic imine (C=N–C) groups is 1. The van der Waals surface area contributed by atoms with Gasteiger partial charge in [-0.3, -0.25) is 4.99 Å². The monoisotopic (exact) mass is 303 g/mol. The Morgan fingerprint density at radius 2 is 2.38 bits per heavy atom. The van der Waals surface area contributed by atoms with Crippen LogP contribution in [0.1, 0.15) is 5.56 Å². The maximum Gasteiger partial charge on any atom is 0.329 e. The van der Waals surface area contributed by atoms with Gasteiger partial charge in [0.15, 0.2) is 6.04 Å². The summed E-state index contributed by atoms with van der Waals surface area (Å²) >= 11 is 4.46. The molecule has 1 atom stereocenters. The average molecular weight is 304 g/mol. The Morgan fingerprint density at radius 3 is 3.00 bits per heavy atom. The van der Waals surface area contributed by atoms with Gasteiger partial charge in [0, 0.05) is 11.3 Å². The number of aliphatic carboxylic acids is 1.